The molecule has 82 valence electrons. The number of hydrogen-bond acceptors (Lipinski definition) is 3. The van der Waals surface area contributed by atoms with Gasteiger partial charge in [0.15, 0.2) is 0 Å². The van der Waals surface area contributed by atoms with Gasteiger partial charge in [-0.3, -0.25) is 0 Å². The number of carbonyl (C=O) groups is 1. The standard InChI is InChI=1S/C12H17NO2/c1-8(2)6-10(5)11(7-13)12(14)15-9(3)4/h6,9H,1-5H3. The van der Waals surface area contributed by atoms with Crippen molar-refractivity contribution in [2.75, 3.05) is 0 Å². The lowest BCUT2D eigenvalue weighted by atomic mass is 10.1. The summed E-state index contributed by atoms with van der Waals surface area (Å²) in [6, 6.07) is 1.87. The number of carbonyl (C=O) groups excluding carboxylic acids is 1. The Morgan fingerprint density at radius 1 is 1.33 bits per heavy atom. The van der Waals surface area contributed by atoms with Crippen LogP contribution in [-0.4, -0.2) is 12.1 Å². The fourth-order valence-corrected chi connectivity index (χ4v) is 1.07. The summed E-state index contributed by atoms with van der Waals surface area (Å²) in [7, 11) is 0. The van der Waals surface area contributed by atoms with Crippen molar-refractivity contribution in [1.29, 1.82) is 5.26 Å². The summed E-state index contributed by atoms with van der Waals surface area (Å²) < 4.78 is 4.96. The van der Waals surface area contributed by atoms with Crippen molar-refractivity contribution in [2.45, 2.75) is 40.7 Å². The van der Waals surface area contributed by atoms with E-state index < -0.39 is 5.97 Å². The minimum absolute atomic E-state index is 0.0740. The third-order valence-electron chi connectivity index (χ3n) is 1.56. The molecule has 0 aromatic heterocycles. The topological polar surface area (TPSA) is 50.1 Å². The van der Waals surface area contributed by atoms with Gasteiger partial charge in [0, 0.05) is 0 Å². The average molecular weight is 207 g/mol. The maximum Gasteiger partial charge on any atom is 0.349 e. The molecule has 3 nitrogen and oxygen atoms in total. The number of rotatable bonds is 3. The van der Waals surface area contributed by atoms with E-state index in [9.17, 15) is 4.79 Å². The summed E-state index contributed by atoms with van der Waals surface area (Å²) in [5.41, 5.74) is 1.76. The molecule has 0 radical (unpaired) electrons. The van der Waals surface area contributed by atoms with Crippen molar-refractivity contribution in [3.8, 4) is 6.07 Å². The fourth-order valence-electron chi connectivity index (χ4n) is 1.07. The van der Waals surface area contributed by atoms with Gasteiger partial charge in [-0.2, -0.15) is 5.26 Å². The fraction of sp³-hybridized carbons (Fsp3) is 0.500. The zero-order valence-electron chi connectivity index (χ0n) is 9.92. The zero-order valence-corrected chi connectivity index (χ0v) is 9.92. The molecule has 0 amide bonds. The summed E-state index contributed by atoms with van der Waals surface area (Å²) >= 11 is 0. The first-order chi connectivity index (χ1) is 6.88. The summed E-state index contributed by atoms with van der Waals surface area (Å²) in [4.78, 5) is 11.5. The Morgan fingerprint density at radius 3 is 2.20 bits per heavy atom. The SMILES string of the molecule is CC(C)=CC(C)=C(C#N)C(=O)OC(C)C. The Kier molecular flexibility index (Phi) is 5.40. The van der Waals surface area contributed by atoms with E-state index in [0.717, 1.165) is 5.57 Å². The Balaban J connectivity index is 5.00. The van der Waals surface area contributed by atoms with E-state index in [-0.39, 0.29) is 11.7 Å². The van der Waals surface area contributed by atoms with E-state index in [0.29, 0.717) is 5.57 Å². The number of allylic oxidation sites excluding steroid dienone is 3. The predicted octanol–water partition coefficient (Wildman–Crippen LogP) is 2.74. The average Bonchev–Trinajstić information content (AvgIpc) is 2.01. The Labute approximate surface area is 91.0 Å². The molecule has 0 bridgehead atoms. The van der Waals surface area contributed by atoms with Gasteiger partial charge in [0.05, 0.1) is 6.10 Å². The lowest BCUT2D eigenvalue weighted by Gasteiger charge is -2.07. The molecule has 0 aliphatic rings. The van der Waals surface area contributed by atoms with Crippen LogP contribution < -0.4 is 0 Å². The lowest BCUT2D eigenvalue weighted by molar-refractivity contribution is -0.142. The van der Waals surface area contributed by atoms with Crippen LogP contribution in [0.5, 0.6) is 0 Å². The third kappa shape index (κ3) is 5.02. The van der Waals surface area contributed by atoms with E-state index in [1.165, 1.54) is 0 Å². The van der Waals surface area contributed by atoms with Gasteiger partial charge in [0.1, 0.15) is 11.6 Å². The van der Waals surface area contributed by atoms with Gasteiger partial charge in [0.25, 0.3) is 0 Å². The van der Waals surface area contributed by atoms with Crippen LogP contribution in [0.4, 0.5) is 0 Å². The molecule has 0 atom stereocenters. The van der Waals surface area contributed by atoms with Crippen molar-refractivity contribution in [2.24, 2.45) is 0 Å². The highest BCUT2D eigenvalue weighted by atomic mass is 16.5. The van der Waals surface area contributed by atoms with E-state index >= 15 is 0 Å². The second-order valence-electron chi connectivity index (χ2n) is 3.85. The maximum absolute atomic E-state index is 11.5. The highest BCUT2D eigenvalue weighted by molar-refractivity contribution is 5.94. The van der Waals surface area contributed by atoms with Crippen molar-refractivity contribution in [3.05, 3.63) is 22.8 Å². The molecule has 0 fully saturated rings. The largest absolute Gasteiger partial charge is 0.459 e. The minimum Gasteiger partial charge on any atom is -0.459 e. The van der Waals surface area contributed by atoms with Crippen LogP contribution in [0.2, 0.25) is 0 Å². The number of ether oxygens (including phenoxy) is 1. The van der Waals surface area contributed by atoms with E-state index in [2.05, 4.69) is 0 Å². The maximum atomic E-state index is 11.5. The minimum atomic E-state index is -0.553. The number of nitriles is 1. The van der Waals surface area contributed by atoms with Gasteiger partial charge in [-0.05, 0) is 40.2 Å². The summed E-state index contributed by atoms with van der Waals surface area (Å²) in [6.07, 6.45) is 1.58. The second kappa shape index (κ2) is 6.02. The molecule has 0 aromatic rings. The van der Waals surface area contributed by atoms with Gasteiger partial charge in [0.2, 0.25) is 0 Å². The summed E-state index contributed by atoms with van der Waals surface area (Å²) in [5, 5.41) is 8.85. The van der Waals surface area contributed by atoms with Crippen LogP contribution in [0.1, 0.15) is 34.6 Å². The molecule has 0 unspecified atom stereocenters. The Hall–Kier alpha value is -1.56. The highest BCUT2D eigenvalue weighted by Crippen LogP contribution is 2.10. The quantitative estimate of drug-likeness (QED) is 0.309. The van der Waals surface area contributed by atoms with Crippen LogP contribution in [0.25, 0.3) is 0 Å². The van der Waals surface area contributed by atoms with Crippen molar-refractivity contribution >= 4 is 5.97 Å². The molecule has 0 spiro atoms. The molecule has 0 saturated carbocycles. The summed E-state index contributed by atoms with van der Waals surface area (Å²) in [5.74, 6) is -0.553. The van der Waals surface area contributed by atoms with Crippen LogP contribution >= 0.6 is 0 Å². The van der Waals surface area contributed by atoms with Gasteiger partial charge in [-0.1, -0.05) is 11.6 Å². The number of esters is 1. The molecule has 0 N–H and O–H groups in total. The van der Waals surface area contributed by atoms with Gasteiger partial charge in [-0.25, -0.2) is 4.79 Å². The van der Waals surface area contributed by atoms with Gasteiger partial charge in [-0.15, -0.1) is 0 Å². The monoisotopic (exact) mass is 207 g/mol. The molecule has 0 aliphatic carbocycles. The number of hydrogen-bond donors (Lipinski definition) is 0. The molecule has 0 heterocycles. The molecule has 3 heteroatoms. The molecule has 0 rings (SSSR count). The van der Waals surface area contributed by atoms with Crippen LogP contribution in [0, 0.1) is 11.3 Å². The van der Waals surface area contributed by atoms with Crippen molar-refractivity contribution in [3.63, 3.8) is 0 Å². The first-order valence-corrected chi connectivity index (χ1v) is 4.85. The molecular weight excluding hydrogens is 190 g/mol. The van der Waals surface area contributed by atoms with Crippen LogP contribution in [0.3, 0.4) is 0 Å². The second-order valence-corrected chi connectivity index (χ2v) is 3.85. The molecule has 0 aliphatic heterocycles. The van der Waals surface area contributed by atoms with Crippen molar-refractivity contribution < 1.29 is 9.53 Å². The highest BCUT2D eigenvalue weighted by Gasteiger charge is 2.14. The summed E-state index contributed by atoms with van der Waals surface area (Å²) in [6.45, 7) is 9.05. The van der Waals surface area contributed by atoms with Crippen LogP contribution in [-0.2, 0) is 9.53 Å². The van der Waals surface area contributed by atoms with Gasteiger partial charge >= 0.3 is 5.97 Å². The van der Waals surface area contributed by atoms with E-state index in [1.807, 2.05) is 19.9 Å². The van der Waals surface area contributed by atoms with E-state index in [4.69, 9.17) is 10.00 Å². The molecular formula is C12H17NO2. The first-order valence-electron chi connectivity index (χ1n) is 4.85. The van der Waals surface area contributed by atoms with Crippen molar-refractivity contribution in [1.82, 2.24) is 0 Å². The first kappa shape index (κ1) is 13.4. The predicted molar refractivity (Wildman–Crippen MR) is 59.0 cm³/mol. The third-order valence-corrected chi connectivity index (χ3v) is 1.56. The molecule has 0 aromatic carbocycles. The Bertz CT molecular complexity index is 339. The molecule has 15 heavy (non-hydrogen) atoms. The van der Waals surface area contributed by atoms with E-state index in [1.54, 1.807) is 26.8 Å². The Morgan fingerprint density at radius 2 is 1.87 bits per heavy atom. The zero-order chi connectivity index (χ0) is 12.0. The smallest absolute Gasteiger partial charge is 0.349 e. The van der Waals surface area contributed by atoms with Crippen LogP contribution in [0.15, 0.2) is 22.8 Å². The number of nitrogens with zero attached hydrogens (tertiary/aromatic N) is 1. The normalized spacial score (nSPS) is 11.5. The molecule has 0 saturated heterocycles. The van der Waals surface area contributed by atoms with Gasteiger partial charge < -0.3 is 4.74 Å². The lowest BCUT2D eigenvalue weighted by Crippen LogP contribution is -2.13.